The summed E-state index contributed by atoms with van der Waals surface area (Å²) in [7, 11) is 0. The molecule has 0 bridgehead atoms. The third kappa shape index (κ3) is 3.02. The molecule has 1 N–H and O–H groups in total. The second kappa shape index (κ2) is 6.32. The lowest BCUT2D eigenvalue weighted by atomic mass is 9.91. The molecule has 3 heteroatoms. The van der Waals surface area contributed by atoms with Gasteiger partial charge in [0.2, 0.25) is 5.43 Å². The summed E-state index contributed by atoms with van der Waals surface area (Å²) in [6, 6.07) is 12.0. The van der Waals surface area contributed by atoms with E-state index in [1.54, 1.807) is 0 Å². The summed E-state index contributed by atoms with van der Waals surface area (Å²) in [4.78, 5) is 24.3. The Labute approximate surface area is 148 Å². The molecule has 25 heavy (non-hydrogen) atoms. The molecule has 0 atom stereocenters. The fourth-order valence-corrected chi connectivity index (χ4v) is 3.09. The fraction of sp³-hybridized carbons (Fsp3) is 0.273. The maximum atomic E-state index is 12.2. The van der Waals surface area contributed by atoms with Crippen LogP contribution in [0.2, 0.25) is 0 Å². The average molecular weight is 333 g/mol. The van der Waals surface area contributed by atoms with E-state index < -0.39 is 10.9 Å². The van der Waals surface area contributed by atoms with Crippen LogP contribution in [0.1, 0.15) is 42.0 Å². The Balaban J connectivity index is 2.00. The van der Waals surface area contributed by atoms with E-state index in [1.165, 1.54) is 11.1 Å². The van der Waals surface area contributed by atoms with Crippen LogP contribution in [0, 0.1) is 20.8 Å². The van der Waals surface area contributed by atoms with Crippen LogP contribution in [0.25, 0.3) is 11.1 Å². The molecule has 0 saturated carbocycles. The molecule has 0 saturated heterocycles. The van der Waals surface area contributed by atoms with Gasteiger partial charge in [-0.15, -0.1) is 0 Å². The van der Waals surface area contributed by atoms with Crippen molar-refractivity contribution in [3.8, 4) is 11.1 Å². The first-order valence-corrected chi connectivity index (χ1v) is 8.58. The van der Waals surface area contributed by atoms with Gasteiger partial charge >= 0.3 is 0 Å². The minimum absolute atomic E-state index is 0.397. The quantitative estimate of drug-likeness (QED) is 0.701. The maximum absolute atomic E-state index is 12.2. The lowest BCUT2D eigenvalue weighted by Crippen LogP contribution is -2.35. The average Bonchev–Trinajstić information content (AvgIpc) is 2.58. The summed E-state index contributed by atoms with van der Waals surface area (Å²) >= 11 is 0. The topological polar surface area (TPSA) is 46.2 Å². The number of hydrogen-bond donors (Lipinski definition) is 1. The van der Waals surface area contributed by atoms with Crippen LogP contribution in [0.5, 0.6) is 0 Å². The fourth-order valence-electron chi connectivity index (χ4n) is 3.09. The van der Waals surface area contributed by atoms with Crippen LogP contribution in [-0.2, 0) is 0 Å². The first-order chi connectivity index (χ1) is 11.8. The SMILES string of the molecule is Cc1cc(C)c(-c2c(Nc3ccc(C(C)C)cc3)c(=O)c2=O)cc1C. The van der Waals surface area contributed by atoms with Gasteiger partial charge in [0.05, 0.1) is 5.56 Å². The van der Waals surface area contributed by atoms with Crippen LogP contribution in [0.15, 0.2) is 46.0 Å². The first-order valence-electron chi connectivity index (χ1n) is 8.58. The standard InChI is InChI=1S/C22H23NO2/c1-12(2)16-6-8-17(9-7-16)23-20-19(21(24)22(20)25)18-11-14(4)13(3)10-15(18)5/h6-12,23H,1-5H3. The first kappa shape index (κ1) is 17.2. The van der Waals surface area contributed by atoms with Crippen LogP contribution in [0.4, 0.5) is 11.4 Å². The number of rotatable bonds is 4. The van der Waals surface area contributed by atoms with Gasteiger partial charge in [-0.25, -0.2) is 0 Å². The van der Waals surface area contributed by atoms with Crippen molar-refractivity contribution < 1.29 is 0 Å². The van der Waals surface area contributed by atoms with Crippen molar-refractivity contribution in [2.24, 2.45) is 0 Å². The van der Waals surface area contributed by atoms with Gasteiger partial charge in [-0.2, -0.15) is 0 Å². The monoisotopic (exact) mass is 333 g/mol. The largest absolute Gasteiger partial charge is 0.352 e. The van der Waals surface area contributed by atoms with E-state index in [1.807, 2.05) is 51.1 Å². The Morgan fingerprint density at radius 1 is 0.800 bits per heavy atom. The zero-order valence-electron chi connectivity index (χ0n) is 15.4. The summed E-state index contributed by atoms with van der Waals surface area (Å²) < 4.78 is 0. The van der Waals surface area contributed by atoms with Crippen molar-refractivity contribution in [1.82, 2.24) is 0 Å². The maximum Gasteiger partial charge on any atom is 0.250 e. The van der Waals surface area contributed by atoms with Crippen LogP contribution < -0.4 is 16.2 Å². The molecule has 0 aliphatic carbocycles. The highest BCUT2D eigenvalue weighted by atomic mass is 16.2. The molecule has 3 aromatic rings. The van der Waals surface area contributed by atoms with Crippen LogP contribution in [0.3, 0.4) is 0 Å². The van der Waals surface area contributed by atoms with Gasteiger partial charge in [-0.1, -0.05) is 38.1 Å². The van der Waals surface area contributed by atoms with E-state index in [-0.39, 0.29) is 0 Å². The molecule has 3 nitrogen and oxygen atoms in total. The Hall–Kier alpha value is -2.68. The minimum Gasteiger partial charge on any atom is -0.352 e. The molecule has 3 rings (SSSR count). The Morgan fingerprint density at radius 2 is 1.40 bits per heavy atom. The van der Waals surface area contributed by atoms with Gasteiger partial charge in [0.1, 0.15) is 5.69 Å². The molecular weight excluding hydrogens is 310 g/mol. The van der Waals surface area contributed by atoms with Gasteiger partial charge in [-0.05, 0) is 66.6 Å². The molecule has 0 aliphatic heterocycles. The molecular formula is C22H23NO2. The van der Waals surface area contributed by atoms with Gasteiger partial charge in [0.25, 0.3) is 5.43 Å². The van der Waals surface area contributed by atoms with Crippen molar-refractivity contribution in [3.05, 3.63) is 79.1 Å². The third-order valence-corrected chi connectivity index (χ3v) is 4.87. The molecule has 0 fully saturated rings. The van der Waals surface area contributed by atoms with Gasteiger partial charge in [0.15, 0.2) is 0 Å². The zero-order chi connectivity index (χ0) is 18.3. The normalized spacial score (nSPS) is 11.3. The predicted molar refractivity (Wildman–Crippen MR) is 105 cm³/mol. The minimum atomic E-state index is -0.444. The molecule has 0 aromatic heterocycles. The van der Waals surface area contributed by atoms with Gasteiger partial charge < -0.3 is 5.32 Å². The number of benzene rings is 2. The number of anilines is 2. The van der Waals surface area contributed by atoms with E-state index in [9.17, 15) is 9.59 Å². The Bertz CT molecular complexity index is 1000. The highest BCUT2D eigenvalue weighted by Crippen LogP contribution is 2.31. The molecule has 128 valence electrons. The van der Waals surface area contributed by atoms with E-state index in [2.05, 4.69) is 25.2 Å². The van der Waals surface area contributed by atoms with Crippen molar-refractivity contribution in [3.63, 3.8) is 0 Å². The molecule has 0 radical (unpaired) electrons. The summed E-state index contributed by atoms with van der Waals surface area (Å²) in [6.07, 6.45) is 0. The van der Waals surface area contributed by atoms with Gasteiger partial charge in [0, 0.05) is 5.69 Å². The second-order valence-corrected chi connectivity index (χ2v) is 7.06. The van der Waals surface area contributed by atoms with Crippen molar-refractivity contribution in [2.75, 3.05) is 5.32 Å². The van der Waals surface area contributed by atoms with E-state index in [0.717, 1.165) is 22.4 Å². The van der Waals surface area contributed by atoms with Gasteiger partial charge in [-0.3, -0.25) is 9.59 Å². The summed E-state index contributed by atoms with van der Waals surface area (Å²) in [5.74, 6) is 0.453. The lowest BCUT2D eigenvalue weighted by Gasteiger charge is -2.17. The molecule has 3 aromatic carbocycles. The molecule has 0 amide bonds. The highest BCUT2D eigenvalue weighted by Gasteiger charge is 2.24. The number of aryl methyl sites for hydroxylation is 3. The molecule has 0 spiro atoms. The third-order valence-electron chi connectivity index (χ3n) is 4.87. The van der Waals surface area contributed by atoms with E-state index >= 15 is 0 Å². The van der Waals surface area contributed by atoms with Crippen LogP contribution >= 0.6 is 0 Å². The summed E-state index contributed by atoms with van der Waals surface area (Å²) in [5.41, 5.74) is 6.24. The number of nitrogens with one attached hydrogen (secondary N) is 1. The zero-order valence-corrected chi connectivity index (χ0v) is 15.4. The highest BCUT2D eigenvalue weighted by molar-refractivity contribution is 5.86. The summed E-state index contributed by atoms with van der Waals surface area (Å²) in [5, 5.41) is 3.14. The van der Waals surface area contributed by atoms with Crippen molar-refractivity contribution in [2.45, 2.75) is 40.5 Å². The molecule has 0 aliphatic rings. The molecule has 0 unspecified atom stereocenters. The molecule has 0 heterocycles. The lowest BCUT2D eigenvalue weighted by molar-refractivity contribution is 0.867. The van der Waals surface area contributed by atoms with Crippen molar-refractivity contribution >= 4 is 11.4 Å². The smallest absolute Gasteiger partial charge is 0.250 e. The van der Waals surface area contributed by atoms with Crippen molar-refractivity contribution in [1.29, 1.82) is 0 Å². The van der Waals surface area contributed by atoms with E-state index in [0.29, 0.717) is 17.2 Å². The second-order valence-electron chi connectivity index (χ2n) is 7.06. The van der Waals surface area contributed by atoms with Crippen LogP contribution in [-0.4, -0.2) is 0 Å². The Kier molecular flexibility index (Phi) is 4.34. The number of hydrogen-bond acceptors (Lipinski definition) is 3. The summed E-state index contributed by atoms with van der Waals surface area (Å²) in [6.45, 7) is 10.3. The Morgan fingerprint density at radius 3 is 2.00 bits per heavy atom. The predicted octanol–water partition coefficient (Wildman–Crippen LogP) is 4.74. The van der Waals surface area contributed by atoms with E-state index in [4.69, 9.17) is 0 Å².